The second kappa shape index (κ2) is 12.1. The van der Waals surface area contributed by atoms with Gasteiger partial charge in [-0.25, -0.2) is 9.59 Å². The van der Waals surface area contributed by atoms with Crippen LogP contribution < -0.4 is 15.0 Å². The van der Waals surface area contributed by atoms with E-state index in [0.717, 1.165) is 58.0 Å². The van der Waals surface area contributed by atoms with Crippen LogP contribution in [0.1, 0.15) is 30.5 Å². The van der Waals surface area contributed by atoms with Gasteiger partial charge in [-0.05, 0) is 57.0 Å². The lowest BCUT2D eigenvalue weighted by Crippen LogP contribution is -2.36. The standard InChI is InChI=1S/C19H28N2O2.C4H4O4/c1-14(2)12-17-16-5-7-20-6-4-15(16)13-18-19(17)21(8-10-22-3)9-11-23-18;5-3(6)1-2-4(7)8/h12-13,20H,4-11H2,1-3H3;1-2H,(H,5,6)(H,7,8)/b;2-1+. The van der Waals surface area contributed by atoms with E-state index < -0.39 is 11.9 Å². The second-order valence-corrected chi connectivity index (χ2v) is 7.58. The van der Waals surface area contributed by atoms with E-state index in [1.807, 2.05) is 0 Å². The van der Waals surface area contributed by atoms with Crippen LogP contribution in [0.15, 0.2) is 23.8 Å². The maximum atomic E-state index is 9.55. The third-order valence-electron chi connectivity index (χ3n) is 4.93. The third kappa shape index (κ3) is 7.41. The van der Waals surface area contributed by atoms with E-state index in [0.29, 0.717) is 12.2 Å². The normalized spacial score (nSPS) is 15.0. The van der Waals surface area contributed by atoms with Gasteiger partial charge in [-0.3, -0.25) is 0 Å². The fraction of sp³-hybridized carbons (Fsp3) is 0.478. The van der Waals surface area contributed by atoms with Gasteiger partial charge in [0, 0.05) is 31.4 Å². The van der Waals surface area contributed by atoms with Gasteiger partial charge in [0.15, 0.2) is 0 Å². The predicted octanol–water partition coefficient (Wildman–Crippen LogP) is 2.35. The molecule has 1 aromatic rings. The van der Waals surface area contributed by atoms with Crippen molar-refractivity contribution in [3.8, 4) is 5.75 Å². The first kappa shape index (κ1) is 24.4. The van der Waals surface area contributed by atoms with Crippen molar-refractivity contribution in [2.75, 3.05) is 51.4 Å². The molecule has 31 heavy (non-hydrogen) atoms. The van der Waals surface area contributed by atoms with Gasteiger partial charge in [-0.2, -0.15) is 0 Å². The molecule has 0 saturated heterocycles. The second-order valence-electron chi connectivity index (χ2n) is 7.58. The number of benzene rings is 1. The summed E-state index contributed by atoms with van der Waals surface area (Å²) in [5.74, 6) is -1.47. The third-order valence-corrected chi connectivity index (χ3v) is 4.93. The van der Waals surface area contributed by atoms with E-state index in [1.165, 1.54) is 28.0 Å². The van der Waals surface area contributed by atoms with Crippen LogP contribution in [0.3, 0.4) is 0 Å². The Bertz CT molecular complexity index is 827. The fourth-order valence-electron chi connectivity index (χ4n) is 3.67. The summed E-state index contributed by atoms with van der Waals surface area (Å²) in [6.45, 7) is 9.77. The Morgan fingerprint density at radius 1 is 1.19 bits per heavy atom. The van der Waals surface area contributed by atoms with Gasteiger partial charge in [0.05, 0.1) is 18.8 Å². The Balaban J connectivity index is 0.000000366. The number of carboxylic acids is 2. The van der Waals surface area contributed by atoms with Crippen LogP contribution in [0, 0.1) is 0 Å². The summed E-state index contributed by atoms with van der Waals surface area (Å²) in [4.78, 5) is 21.5. The number of rotatable bonds is 6. The fourth-order valence-corrected chi connectivity index (χ4v) is 3.67. The number of methoxy groups -OCH3 is 1. The van der Waals surface area contributed by atoms with Crippen molar-refractivity contribution in [3.05, 3.63) is 40.5 Å². The molecule has 0 amide bonds. The Kier molecular flexibility index (Phi) is 9.55. The zero-order chi connectivity index (χ0) is 22.8. The number of allylic oxidation sites excluding steroid dienone is 1. The van der Waals surface area contributed by atoms with Gasteiger partial charge < -0.3 is 29.9 Å². The largest absolute Gasteiger partial charge is 0.490 e. The SMILES string of the molecule is COCCN1CCOc2cc3c(c(C=C(C)C)c21)CCNCC3.O=C(O)/C=C/C(=O)O. The van der Waals surface area contributed by atoms with E-state index in [9.17, 15) is 9.59 Å². The van der Waals surface area contributed by atoms with Crippen molar-refractivity contribution in [3.63, 3.8) is 0 Å². The number of anilines is 1. The van der Waals surface area contributed by atoms with Gasteiger partial charge in [0.25, 0.3) is 0 Å². The van der Waals surface area contributed by atoms with Crippen molar-refractivity contribution < 1.29 is 29.3 Å². The number of hydrogen-bond donors (Lipinski definition) is 3. The quantitative estimate of drug-likeness (QED) is 0.588. The van der Waals surface area contributed by atoms with E-state index in [2.05, 4.69) is 36.2 Å². The van der Waals surface area contributed by atoms with Gasteiger partial charge in [-0.15, -0.1) is 0 Å². The van der Waals surface area contributed by atoms with Gasteiger partial charge in [0.1, 0.15) is 12.4 Å². The highest BCUT2D eigenvalue weighted by molar-refractivity contribution is 5.89. The van der Waals surface area contributed by atoms with E-state index in [-0.39, 0.29) is 0 Å². The molecule has 0 saturated carbocycles. The summed E-state index contributed by atoms with van der Waals surface area (Å²) >= 11 is 0. The predicted molar refractivity (Wildman–Crippen MR) is 120 cm³/mol. The molecule has 3 N–H and O–H groups in total. The molecule has 0 unspecified atom stereocenters. The van der Waals surface area contributed by atoms with Crippen LogP contribution in [0.5, 0.6) is 5.75 Å². The first-order valence-electron chi connectivity index (χ1n) is 10.4. The minimum Gasteiger partial charge on any atom is -0.490 e. The highest BCUT2D eigenvalue weighted by atomic mass is 16.5. The van der Waals surface area contributed by atoms with Crippen molar-refractivity contribution in [2.24, 2.45) is 0 Å². The van der Waals surface area contributed by atoms with Crippen LogP contribution in [-0.4, -0.2) is 68.7 Å². The minimum atomic E-state index is -1.26. The Morgan fingerprint density at radius 2 is 1.87 bits per heavy atom. The molecule has 8 heteroatoms. The summed E-state index contributed by atoms with van der Waals surface area (Å²) in [5.41, 5.74) is 6.87. The molecule has 2 aliphatic heterocycles. The monoisotopic (exact) mass is 432 g/mol. The topological polar surface area (TPSA) is 108 Å². The summed E-state index contributed by atoms with van der Waals surface area (Å²) < 4.78 is 11.3. The van der Waals surface area contributed by atoms with E-state index >= 15 is 0 Å². The molecule has 0 radical (unpaired) electrons. The molecule has 0 aromatic heterocycles. The van der Waals surface area contributed by atoms with E-state index in [4.69, 9.17) is 19.7 Å². The number of nitrogens with one attached hydrogen (secondary N) is 1. The van der Waals surface area contributed by atoms with Crippen LogP contribution >= 0.6 is 0 Å². The first-order valence-corrected chi connectivity index (χ1v) is 10.4. The number of ether oxygens (including phenoxy) is 2. The maximum absolute atomic E-state index is 9.55. The summed E-state index contributed by atoms with van der Waals surface area (Å²) in [7, 11) is 1.76. The molecule has 1 aromatic carbocycles. The molecule has 0 bridgehead atoms. The lowest BCUT2D eigenvalue weighted by Gasteiger charge is -2.34. The zero-order valence-electron chi connectivity index (χ0n) is 18.4. The summed E-state index contributed by atoms with van der Waals surface area (Å²) in [5, 5.41) is 19.1. The summed E-state index contributed by atoms with van der Waals surface area (Å²) in [6.07, 6.45) is 5.61. The van der Waals surface area contributed by atoms with Crippen molar-refractivity contribution in [1.29, 1.82) is 0 Å². The Labute approximate surface area is 183 Å². The maximum Gasteiger partial charge on any atom is 0.328 e. The number of hydrogen-bond acceptors (Lipinski definition) is 6. The van der Waals surface area contributed by atoms with Crippen LogP contribution in [-0.2, 0) is 27.2 Å². The highest BCUT2D eigenvalue weighted by Gasteiger charge is 2.25. The minimum absolute atomic E-state index is 0.558. The lowest BCUT2D eigenvalue weighted by atomic mass is 9.92. The molecule has 0 spiro atoms. The zero-order valence-corrected chi connectivity index (χ0v) is 18.4. The molecule has 8 nitrogen and oxygen atoms in total. The van der Waals surface area contributed by atoms with Crippen molar-refractivity contribution >= 4 is 23.7 Å². The Hall–Kier alpha value is -2.84. The number of aliphatic carboxylic acids is 2. The van der Waals surface area contributed by atoms with Crippen LogP contribution in [0.2, 0.25) is 0 Å². The molecule has 3 rings (SSSR count). The molecule has 2 aliphatic rings. The molecule has 0 aliphatic carbocycles. The number of fused-ring (bicyclic) bond motifs is 2. The van der Waals surface area contributed by atoms with Crippen molar-refractivity contribution in [1.82, 2.24) is 5.32 Å². The smallest absolute Gasteiger partial charge is 0.328 e. The lowest BCUT2D eigenvalue weighted by molar-refractivity contribution is -0.134. The van der Waals surface area contributed by atoms with Crippen molar-refractivity contribution in [2.45, 2.75) is 26.7 Å². The molecule has 0 fully saturated rings. The number of nitrogens with zero attached hydrogens (tertiary/aromatic N) is 1. The number of carbonyl (C=O) groups is 2. The average molecular weight is 433 g/mol. The highest BCUT2D eigenvalue weighted by Crippen LogP contribution is 2.41. The first-order chi connectivity index (χ1) is 14.8. The summed E-state index contributed by atoms with van der Waals surface area (Å²) in [6, 6.07) is 2.28. The Morgan fingerprint density at radius 3 is 2.48 bits per heavy atom. The molecule has 0 atom stereocenters. The number of carboxylic acid groups (broad SMARTS) is 2. The van der Waals surface area contributed by atoms with Gasteiger partial charge in [0.2, 0.25) is 0 Å². The molecule has 2 heterocycles. The molecule has 170 valence electrons. The van der Waals surface area contributed by atoms with Crippen LogP contribution in [0.4, 0.5) is 5.69 Å². The van der Waals surface area contributed by atoms with Gasteiger partial charge >= 0.3 is 11.9 Å². The van der Waals surface area contributed by atoms with Gasteiger partial charge in [-0.1, -0.05) is 11.6 Å². The average Bonchev–Trinajstić information content (AvgIpc) is 2.96. The molecular formula is C23H32N2O6. The molecular weight excluding hydrogens is 400 g/mol. The van der Waals surface area contributed by atoms with Crippen LogP contribution in [0.25, 0.3) is 6.08 Å². The van der Waals surface area contributed by atoms with E-state index in [1.54, 1.807) is 7.11 Å².